The number of hydrogen-bond donors (Lipinski definition) is 3. The average Bonchev–Trinajstić information content (AvgIpc) is 2.84. The molecular weight excluding hydrogens is 524 g/mol. The van der Waals surface area contributed by atoms with Crippen molar-refractivity contribution >= 4 is 51.6 Å². The highest BCUT2D eigenvalue weighted by Crippen LogP contribution is 2.21. The fourth-order valence-electron chi connectivity index (χ4n) is 3.50. The second-order valence-corrected chi connectivity index (χ2v) is 9.47. The molecule has 0 saturated carbocycles. The lowest BCUT2D eigenvalue weighted by molar-refractivity contribution is -0.126. The number of aromatic nitrogens is 2. The fourth-order valence-corrected chi connectivity index (χ4v) is 3.72. The Hall–Kier alpha value is -4.43. The van der Waals surface area contributed by atoms with E-state index in [1.807, 2.05) is 6.07 Å². The number of aromatic amines is 1. The highest BCUT2D eigenvalue weighted by atomic mass is 35.5. The topological polar surface area (TPSA) is 157 Å². The Bertz CT molecular complexity index is 1540. The van der Waals surface area contributed by atoms with Crippen LogP contribution in [0.25, 0.3) is 10.9 Å². The first-order valence-electron chi connectivity index (χ1n) is 12.1. The number of halogens is 1. The van der Waals surface area contributed by atoms with Gasteiger partial charge in [-0.15, -0.1) is 0 Å². The zero-order valence-corrected chi connectivity index (χ0v) is 23.2. The molecule has 0 spiro atoms. The number of anilines is 2. The zero-order chi connectivity index (χ0) is 29.3. The Balaban J connectivity index is 0.000000798. The summed E-state index contributed by atoms with van der Waals surface area (Å²) in [5.74, 6) is -0.759. The largest absolute Gasteiger partial charge is 0.349 e. The van der Waals surface area contributed by atoms with E-state index in [0.29, 0.717) is 34.4 Å². The predicted molar refractivity (Wildman–Crippen MR) is 151 cm³/mol. The molecule has 0 bridgehead atoms. The van der Waals surface area contributed by atoms with E-state index >= 15 is 0 Å². The number of benzene rings is 2. The molecule has 12 heteroatoms. The van der Waals surface area contributed by atoms with Gasteiger partial charge in [0.25, 0.3) is 5.56 Å². The van der Waals surface area contributed by atoms with Gasteiger partial charge in [0.15, 0.2) is 0 Å². The molecule has 0 aliphatic heterocycles. The van der Waals surface area contributed by atoms with Gasteiger partial charge in [0.2, 0.25) is 17.7 Å². The highest BCUT2D eigenvalue weighted by molar-refractivity contribution is 6.32. The van der Waals surface area contributed by atoms with Crippen LogP contribution in [-0.2, 0) is 20.9 Å². The van der Waals surface area contributed by atoms with Crippen molar-refractivity contribution in [3.63, 3.8) is 0 Å². The smallest absolute Gasteiger partial charge is 0.328 e. The molecule has 3 amide bonds. The number of nitriles is 1. The molecule has 1 heterocycles. The maximum Gasteiger partial charge on any atom is 0.328 e. The molecule has 3 aromatic rings. The van der Waals surface area contributed by atoms with Crippen molar-refractivity contribution in [3.05, 3.63) is 67.8 Å². The minimum atomic E-state index is -0.524. The Morgan fingerprint density at radius 3 is 2.08 bits per heavy atom. The van der Waals surface area contributed by atoms with Crippen molar-refractivity contribution in [2.45, 2.75) is 40.2 Å². The minimum absolute atomic E-state index is 0.0877. The van der Waals surface area contributed by atoms with Crippen LogP contribution < -0.4 is 21.9 Å². The van der Waals surface area contributed by atoms with Gasteiger partial charge in [-0.05, 0) is 49.2 Å². The van der Waals surface area contributed by atoms with E-state index in [0.717, 1.165) is 0 Å². The number of nitrogens with one attached hydrogen (secondary N) is 3. The maximum atomic E-state index is 12.4. The van der Waals surface area contributed by atoms with Crippen LogP contribution in [0.1, 0.15) is 39.2 Å². The molecule has 0 aliphatic rings. The summed E-state index contributed by atoms with van der Waals surface area (Å²) in [5, 5.41) is 14.9. The van der Waals surface area contributed by atoms with Gasteiger partial charge in [-0.25, -0.2) is 4.79 Å². The summed E-state index contributed by atoms with van der Waals surface area (Å²) < 4.78 is 1.43. The van der Waals surface area contributed by atoms with Gasteiger partial charge in [0.05, 0.1) is 21.5 Å². The van der Waals surface area contributed by atoms with E-state index in [1.54, 1.807) is 46.1 Å². The summed E-state index contributed by atoms with van der Waals surface area (Å²) in [5.41, 5.74) is 0.673. The zero-order valence-electron chi connectivity index (χ0n) is 22.4. The number of aryl methyl sites for hydroxylation is 1. The lowest BCUT2D eigenvalue weighted by Crippen LogP contribution is -2.29. The minimum Gasteiger partial charge on any atom is -0.349 e. The van der Waals surface area contributed by atoms with Gasteiger partial charge < -0.3 is 15.5 Å². The standard InChI is InChI=1S/C23H22ClN5O4.C4H9NO/c1-3-29-19-7-6-15(10-17(19)22(32)28-23(29)33)26-20(30)8-13(2)9-21(31)27-16-5-4-14(12-25)18(24)11-16;1-4(6)5(2)3/h4-7,10-11,13H,3,8-9H2,1-2H3,(H,26,30)(H,27,31)(H,28,32,33);1-3H3. The molecule has 39 heavy (non-hydrogen) atoms. The van der Waals surface area contributed by atoms with E-state index in [2.05, 4.69) is 15.6 Å². The number of nitrogens with zero attached hydrogens (tertiary/aromatic N) is 3. The average molecular weight is 555 g/mol. The SMILES string of the molecule is CC(=O)N(C)C.CCn1c(=O)[nH]c(=O)c2cc(NC(=O)CC(C)CC(=O)Nc3ccc(C#N)c(Cl)c3)ccc21. The lowest BCUT2D eigenvalue weighted by atomic mass is 10.0. The fraction of sp³-hybridized carbons (Fsp3) is 0.333. The molecule has 2 aromatic carbocycles. The van der Waals surface area contributed by atoms with Crippen LogP contribution in [0.15, 0.2) is 46.0 Å². The van der Waals surface area contributed by atoms with Crippen LogP contribution >= 0.6 is 11.6 Å². The third-order valence-corrected chi connectivity index (χ3v) is 5.98. The van der Waals surface area contributed by atoms with Crippen molar-refractivity contribution in [3.8, 4) is 6.07 Å². The monoisotopic (exact) mass is 554 g/mol. The third-order valence-electron chi connectivity index (χ3n) is 5.67. The van der Waals surface area contributed by atoms with E-state index in [1.165, 1.54) is 34.6 Å². The maximum absolute atomic E-state index is 12.4. The first-order valence-corrected chi connectivity index (χ1v) is 12.5. The summed E-state index contributed by atoms with van der Waals surface area (Å²) in [4.78, 5) is 62.7. The van der Waals surface area contributed by atoms with Gasteiger partial charge in [0, 0.05) is 51.8 Å². The summed E-state index contributed by atoms with van der Waals surface area (Å²) in [6, 6.07) is 11.3. The van der Waals surface area contributed by atoms with E-state index in [-0.39, 0.29) is 41.5 Å². The van der Waals surface area contributed by atoms with Crippen LogP contribution in [0.3, 0.4) is 0 Å². The first kappa shape index (κ1) is 30.8. The van der Waals surface area contributed by atoms with Gasteiger partial charge in [-0.2, -0.15) is 5.26 Å². The quantitative estimate of drug-likeness (QED) is 0.406. The van der Waals surface area contributed by atoms with E-state index in [4.69, 9.17) is 16.9 Å². The van der Waals surface area contributed by atoms with E-state index in [9.17, 15) is 24.0 Å². The summed E-state index contributed by atoms with van der Waals surface area (Å²) in [7, 11) is 3.45. The number of carbonyl (C=O) groups excluding carboxylic acids is 3. The highest BCUT2D eigenvalue weighted by Gasteiger charge is 2.15. The van der Waals surface area contributed by atoms with Crippen molar-refractivity contribution < 1.29 is 14.4 Å². The Labute approximate surface area is 230 Å². The van der Waals surface area contributed by atoms with Crippen LogP contribution in [0, 0.1) is 17.2 Å². The van der Waals surface area contributed by atoms with Crippen molar-refractivity contribution in [1.29, 1.82) is 5.26 Å². The second kappa shape index (κ2) is 13.9. The number of carbonyl (C=O) groups is 3. The summed E-state index contributed by atoms with van der Waals surface area (Å²) >= 11 is 5.97. The number of rotatable bonds is 7. The van der Waals surface area contributed by atoms with Crippen LogP contribution in [0.5, 0.6) is 0 Å². The summed E-state index contributed by atoms with van der Waals surface area (Å²) in [6.07, 6.45) is 0.190. The Morgan fingerprint density at radius 2 is 1.59 bits per heavy atom. The van der Waals surface area contributed by atoms with Crippen molar-refractivity contribution in [1.82, 2.24) is 14.5 Å². The van der Waals surface area contributed by atoms with Crippen molar-refractivity contribution in [2.75, 3.05) is 24.7 Å². The molecule has 3 N–H and O–H groups in total. The molecule has 1 unspecified atom stereocenters. The van der Waals surface area contributed by atoms with Crippen molar-refractivity contribution in [2.24, 2.45) is 5.92 Å². The normalized spacial score (nSPS) is 11.0. The molecule has 1 aromatic heterocycles. The molecule has 3 rings (SSSR count). The van der Waals surface area contributed by atoms with Gasteiger partial charge in [0.1, 0.15) is 6.07 Å². The molecule has 206 valence electrons. The van der Waals surface area contributed by atoms with E-state index < -0.39 is 11.2 Å². The van der Waals surface area contributed by atoms with Crippen LogP contribution in [-0.4, -0.2) is 46.3 Å². The second-order valence-electron chi connectivity index (χ2n) is 9.07. The third kappa shape index (κ3) is 8.83. The molecule has 1 atom stereocenters. The number of H-pyrrole nitrogens is 1. The number of fused-ring (bicyclic) bond motifs is 1. The molecule has 0 aliphatic carbocycles. The number of hydrogen-bond acceptors (Lipinski definition) is 6. The van der Waals surface area contributed by atoms with Gasteiger partial charge in [-0.3, -0.25) is 28.7 Å². The summed E-state index contributed by atoms with van der Waals surface area (Å²) in [6.45, 7) is 5.49. The Kier molecular flexibility index (Phi) is 11.0. The van der Waals surface area contributed by atoms with Gasteiger partial charge in [-0.1, -0.05) is 18.5 Å². The Morgan fingerprint density at radius 1 is 1.05 bits per heavy atom. The lowest BCUT2D eigenvalue weighted by Gasteiger charge is -2.13. The molecule has 0 radical (unpaired) electrons. The van der Waals surface area contributed by atoms with Crippen LogP contribution in [0.4, 0.5) is 11.4 Å². The molecular formula is C27H31ClN6O5. The first-order chi connectivity index (χ1) is 18.4. The number of amides is 3. The molecule has 11 nitrogen and oxygen atoms in total. The predicted octanol–water partition coefficient (Wildman–Crippen LogP) is 3.32. The molecule has 0 fully saturated rings. The van der Waals surface area contributed by atoms with Crippen LogP contribution in [0.2, 0.25) is 5.02 Å². The molecule has 0 saturated heterocycles. The van der Waals surface area contributed by atoms with Gasteiger partial charge >= 0.3 is 5.69 Å².